The molecule has 1 aromatic carbocycles. The van der Waals surface area contributed by atoms with Gasteiger partial charge in [0.05, 0.1) is 12.5 Å². The van der Waals surface area contributed by atoms with E-state index in [9.17, 15) is 9.59 Å². The second-order valence-corrected chi connectivity index (χ2v) is 7.42. The summed E-state index contributed by atoms with van der Waals surface area (Å²) in [4.78, 5) is 32.8. The molecule has 2 aromatic rings. The smallest absolute Gasteiger partial charge is 0.225 e. The molecule has 0 spiro atoms. The zero-order chi connectivity index (χ0) is 18.5. The summed E-state index contributed by atoms with van der Waals surface area (Å²) < 4.78 is 0. The van der Waals surface area contributed by atoms with E-state index in [0.29, 0.717) is 13.1 Å². The Bertz CT molecular complexity index is 737. The summed E-state index contributed by atoms with van der Waals surface area (Å²) in [6.45, 7) is 6.43. The van der Waals surface area contributed by atoms with Crippen molar-refractivity contribution in [1.29, 1.82) is 0 Å². The summed E-state index contributed by atoms with van der Waals surface area (Å²) in [6.07, 6.45) is 2.08. The molecule has 0 radical (unpaired) electrons. The lowest BCUT2D eigenvalue weighted by Gasteiger charge is -2.35. The summed E-state index contributed by atoms with van der Waals surface area (Å²) in [5, 5.41) is 5.88. The summed E-state index contributed by atoms with van der Waals surface area (Å²) in [7, 11) is 0. The van der Waals surface area contributed by atoms with E-state index in [1.807, 2.05) is 41.5 Å². The van der Waals surface area contributed by atoms with E-state index in [-0.39, 0.29) is 24.3 Å². The highest BCUT2D eigenvalue weighted by atomic mass is 32.1. The first-order valence-corrected chi connectivity index (χ1v) is 9.67. The number of hydrogen-bond acceptors (Lipinski definition) is 5. The highest BCUT2D eigenvalue weighted by molar-refractivity contribution is 7.13. The second kappa shape index (κ2) is 8.31. The second-order valence-electron chi connectivity index (χ2n) is 6.55. The number of carbonyl (C=O) groups is 2. The first kappa shape index (κ1) is 18.4. The van der Waals surface area contributed by atoms with Crippen LogP contribution in [0, 0.1) is 6.92 Å². The number of nitrogens with zero attached hydrogens (tertiary/aromatic N) is 3. The van der Waals surface area contributed by atoms with E-state index in [2.05, 4.69) is 15.2 Å². The largest absolute Gasteiger partial charge is 0.349 e. The van der Waals surface area contributed by atoms with Crippen LogP contribution in [0.25, 0.3) is 0 Å². The van der Waals surface area contributed by atoms with Gasteiger partial charge in [-0.2, -0.15) is 0 Å². The summed E-state index contributed by atoms with van der Waals surface area (Å²) in [5.74, 6) is -0.0555. The topological polar surface area (TPSA) is 65.5 Å². The van der Waals surface area contributed by atoms with E-state index in [1.54, 1.807) is 17.5 Å². The number of nitrogens with one attached hydrogen (secondary N) is 1. The van der Waals surface area contributed by atoms with Crippen molar-refractivity contribution in [2.45, 2.75) is 26.3 Å². The fraction of sp³-hybridized carbons (Fsp3) is 0.421. The van der Waals surface area contributed by atoms with Gasteiger partial charge in [0, 0.05) is 44.7 Å². The minimum absolute atomic E-state index is 0.0723. The van der Waals surface area contributed by atoms with Gasteiger partial charge >= 0.3 is 0 Å². The van der Waals surface area contributed by atoms with Crippen molar-refractivity contribution in [2.75, 3.05) is 31.1 Å². The maximum absolute atomic E-state index is 12.8. The molecule has 1 unspecified atom stereocenters. The van der Waals surface area contributed by atoms with Crippen LogP contribution in [0.4, 0.5) is 5.13 Å². The average Bonchev–Trinajstić information content (AvgIpc) is 3.16. The molecular formula is C19H24N4O2S. The Labute approximate surface area is 157 Å². The molecule has 1 aliphatic heterocycles. The normalized spacial score (nSPS) is 15.6. The summed E-state index contributed by atoms with van der Waals surface area (Å²) >= 11 is 1.62. The number of piperazine rings is 1. The first-order valence-electron chi connectivity index (χ1n) is 8.79. The van der Waals surface area contributed by atoms with Crippen LogP contribution in [0.3, 0.4) is 0 Å². The van der Waals surface area contributed by atoms with E-state index >= 15 is 0 Å². The van der Waals surface area contributed by atoms with Crippen LogP contribution in [0.15, 0.2) is 35.8 Å². The fourth-order valence-electron chi connectivity index (χ4n) is 3.12. The van der Waals surface area contributed by atoms with Gasteiger partial charge in [-0.15, -0.1) is 11.3 Å². The van der Waals surface area contributed by atoms with Crippen LogP contribution in [0.1, 0.15) is 30.5 Å². The van der Waals surface area contributed by atoms with Crippen molar-refractivity contribution in [3.63, 3.8) is 0 Å². The molecule has 0 saturated carbocycles. The molecule has 1 aliphatic rings. The Morgan fingerprint density at radius 3 is 2.46 bits per heavy atom. The van der Waals surface area contributed by atoms with Crippen LogP contribution in [-0.2, 0) is 9.59 Å². The minimum atomic E-state index is -0.294. The lowest BCUT2D eigenvalue weighted by Crippen LogP contribution is -2.49. The third-order valence-electron chi connectivity index (χ3n) is 4.56. The molecule has 138 valence electrons. The molecule has 1 atom stereocenters. The number of thiazole rings is 1. The maximum atomic E-state index is 12.8. The molecule has 2 amide bonds. The SMILES string of the molecule is CC(=O)NC(CC(=O)N1CCN(c2nccs2)CC1)c1ccc(C)cc1. The molecule has 1 N–H and O–H groups in total. The quantitative estimate of drug-likeness (QED) is 0.875. The Morgan fingerprint density at radius 2 is 1.88 bits per heavy atom. The van der Waals surface area contributed by atoms with Crippen LogP contribution in [-0.4, -0.2) is 47.9 Å². The molecular weight excluding hydrogens is 348 g/mol. The Balaban J connectivity index is 1.61. The third-order valence-corrected chi connectivity index (χ3v) is 5.39. The Morgan fingerprint density at radius 1 is 1.19 bits per heavy atom. The van der Waals surface area contributed by atoms with Crippen molar-refractivity contribution < 1.29 is 9.59 Å². The van der Waals surface area contributed by atoms with Gasteiger partial charge in [-0.3, -0.25) is 9.59 Å². The molecule has 1 aromatic heterocycles. The lowest BCUT2D eigenvalue weighted by molar-refractivity contribution is -0.132. The molecule has 26 heavy (non-hydrogen) atoms. The van der Waals surface area contributed by atoms with Crippen LogP contribution in [0.2, 0.25) is 0 Å². The maximum Gasteiger partial charge on any atom is 0.225 e. The number of rotatable bonds is 5. The minimum Gasteiger partial charge on any atom is -0.349 e. The van der Waals surface area contributed by atoms with E-state index in [4.69, 9.17) is 0 Å². The zero-order valence-electron chi connectivity index (χ0n) is 15.1. The molecule has 7 heteroatoms. The standard InChI is InChI=1S/C19H24N4O2S/c1-14-3-5-16(6-4-14)17(21-15(2)24)13-18(25)22-8-10-23(11-9-22)19-20-7-12-26-19/h3-7,12,17H,8-11,13H2,1-2H3,(H,21,24). The predicted molar refractivity (Wildman–Crippen MR) is 103 cm³/mol. The number of benzene rings is 1. The predicted octanol–water partition coefficient (Wildman–Crippen LogP) is 2.37. The Hall–Kier alpha value is -2.41. The highest BCUT2D eigenvalue weighted by Crippen LogP contribution is 2.22. The summed E-state index contributed by atoms with van der Waals surface area (Å²) in [5.41, 5.74) is 2.11. The third kappa shape index (κ3) is 4.60. The number of aryl methyl sites for hydroxylation is 1. The molecule has 0 aliphatic carbocycles. The number of aromatic nitrogens is 1. The fourth-order valence-corrected chi connectivity index (χ4v) is 3.82. The molecule has 1 saturated heterocycles. The van der Waals surface area contributed by atoms with Crippen molar-refractivity contribution in [1.82, 2.24) is 15.2 Å². The lowest BCUT2D eigenvalue weighted by atomic mass is 10.0. The van der Waals surface area contributed by atoms with Crippen molar-refractivity contribution in [3.05, 3.63) is 47.0 Å². The van der Waals surface area contributed by atoms with E-state index in [1.165, 1.54) is 6.92 Å². The van der Waals surface area contributed by atoms with Crippen molar-refractivity contribution in [3.8, 4) is 0 Å². The molecule has 0 bridgehead atoms. The van der Waals surface area contributed by atoms with Crippen LogP contribution in [0.5, 0.6) is 0 Å². The Kier molecular flexibility index (Phi) is 5.88. The van der Waals surface area contributed by atoms with Gasteiger partial charge in [-0.25, -0.2) is 4.98 Å². The van der Waals surface area contributed by atoms with Gasteiger partial charge in [-0.05, 0) is 12.5 Å². The number of hydrogen-bond donors (Lipinski definition) is 1. The van der Waals surface area contributed by atoms with Gasteiger partial charge in [-0.1, -0.05) is 29.8 Å². The molecule has 6 nitrogen and oxygen atoms in total. The van der Waals surface area contributed by atoms with Crippen LogP contribution >= 0.6 is 11.3 Å². The number of carbonyl (C=O) groups excluding carboxylic acids is 2. The van der Waals surface area contributed by atoms with E-state index in [0.717, 1.165) is 29.3 Å². The molecule has 3 rings (SSSR count). The zero-order valence-corrected chi connectivity index (χ0v) is 16.0. The number of anilines is 1. The van der Waals surface area contributed by atoms with Gasteiger partial charge in [0.25, 0.3) is 0 Å². The number of amides is 2. The molecule has 1 fully saturated rings. The molecule has 2 heterocycles. The van der Waals surface area contributed by atoms with Gasteiger partial charge < -0.3 is 15.1 Å². The van der Waals surface area contributed by atoms with Crippen LogP contribution < -0.4 is 10.2 Å². The highest BCUT2D eigenvalue weighted by Gasteiger charge is 2.25. The van der Waals surface area contributed by atoms with E-state index < -0.39 is 0 Å². The van der Waals surface area contributed by atoms with Gasteiger partial charge in [0.2, 0.25) is 11.8 Å². The van der Waals surface area contributed by atoms with Crippen molar-refractivity contribution in [2.24, 2.45) is 0 Å². The van der Waals surface area contributed by atoms with Gasteiger partial charge in [0.1, 0.15) is 0 Å². The average molecular weight is 372 g/mol. The van der Waals surface area contributed by atoms with Crippen molar-refractivity contribution >= 4 is 28.3 Å². The first-order chi connectivity index (χ1) is 12.5. The monoisotopic (exact) mass is 372 g/mol. The van der Waals surface area contributed by atoms with Gasteiger partial charge in [0.15, 0.2) is 5.13 Å². The summed E-state index contributed by atoms with van der Waals surface area (Å²) in [6, 6.07) is 7.66.